The molecular formula is C20H24N4O3S. The number of hydrogen-bond donors (Lipinski definition) is 1. The number of ether oxygens (including phenoxy) is 1. The molecule has 1 N–H and O–H groups in total. The summed E-state index contributed by atoms with van der Waals surface area (Å²) in [5.41, 5.74) is 1.97. The number of carbonyl (C=O) groups excluding carboxylic acids is 2. The van der Waals surface area contributed by atoms with Crippen LogP contribution in [0.5, 0.6) is 5.75 Å². The fourth-order valence-corrected chi connectivity index (χ4v) is 4.38. The number of urea groups is 1. The molecule has 148 valence electrons. The summed E-state index contributed by atoms with van der Waals surface area (Å²) in [5.74, 6) is 0.916. The number of benzene rings is 1. The molecule has 1 saturated heterocycles. The molecule has 0 bridgehead atoms. The average molecular weight is 401 g/mol. The van der Waals surface area contributed by atoms with E-state index in [-0.39, 0.29) is 18.0 Å². The molecule has 1 aromatic carbocycles. The molecule has 1 aromatic heterocycles. The number of aromatic nitrogens is 1. The van der Waals surface area contributed by atoms with Crippen molar-refractivity contribution in [2.24, 2.45) is 0 Å². The van der Waals surface area contributed by atoms with Crippen molar-refractivity contribution in [2.75, 3.05) is 32.8 Å². The first-order valence-corrected chi connectivity index (χ1v) is 10.4. The van der Waals surface area contributed by atoms with Crippen LogP contribution in [0.25, 0.3) is 0 Å². The van der Waals surface area contributed by atoms with Crippen molar-refractivity contribution < 1.29 is 14.3 Å². The molecule has 1 fully saturated rings. The van der Waals surface area contributed by atoms with Crippen molar-refractivity contribution in [1.29, 1.82) is 0 Å². The van der Waals surface area contributed by atoms with Crippen LogP contribution in [0, 0.1) is 6.92 Å². The number of thiazole rings is 1. The lowest BCUT2D eigenvalue weighted by Crippen LogP contribution is -2.54. The molecule has 2 aliphatic heterocycles. The Labute approximate surface area is 168 Å². The standard InChI is InChI=1S/C20H24N4O3S/c1-14-13-28-18(21-14)12-19(25)23-7-9-24(10-8-23)20(26)22-16-6-11-27-17-5-3-2-4-15(16)17/h2-5,13,16H,6-12H2,1H3,(H,22,26). The number of hydrogen-bond acceptors (Lipinski definition) is 5. The van der Waals surface area contributed by atoms with Gasteiger partial charge >= 0.3 is 6.03 Å². The van der Waals surface area contributed by atoms with Gasteiger partial charge in [-0.3, -0.25) is 4.79 Å². The molecule has 2 aromatic rings. The minimum absolute atomic E-state index is 0.0368. The molecule has 4 rings (SSSR count). The van der Waals surface area contributed by atoms with Crippen molar-refractivity contribution >= 4 is 23.3 Å². The van der Waals surface area contributed by atoms with E-state index in [9.17, 15) is 9.59 Å². The Balaban J connectivity index is 1.29. The Morgan fingerprint density at radius 1 is 1.21 bits per heavy atom. The molecule has 0 radical (unpaired) electrons. The molecular weight excluding hydrogens is 376 g/mol. The van der Waals surface area contributed by atoms with Gasteiger partial charge in [0.05, 0.1) is 19.1 Å². The number of para-hydroxylation sites is 1. The zero-order valence-corrected chi connectivity index (χ0v) is 16.7. The fraction of sp³-hybridized carbons (Fsp3) is 0.450. The highest BCUT2D eigenvalue weighted by Gasteiger charge is 2.28. The molecule has 28 heavy (non-hydrogen) atoms. The van der Waals surface area contributed by atoms with Gasteiger partial charge in [0.2, 0.25) is 5.91 Å². The largest absolute Gasteiger partial charge is 0.493 e. The minimum Gasteiger partial charge on any atom is -0.493 e. The number of aryl methyl sites for hydroxylation is 1. The van der Waals surface area contributed by atoms with Crippen LogP contribution in [-0.4, -0.2) is 59.5 Å². The number of nitrogens with zero attached hydrogens (tertiary/aromatic N) is 3. The predicted octanol–water partition coefficient (Wildman–Crippen LogP) is 2.37. The first kappa shape index (κ1) is 18.7. The maximum absolute atomic E-state index is 12.7. The maximum Gasteiger partial charge on any atom is 0.318 e. The van der Waals surface area contributed by atoms with Crippen molar-refractivity contribution in [3.05, 3.63) is 45.9 Å². The van der Waals surface area contributed by atoms with Gasteiger partial charge in [0.25, 0.3) is 0 Å². The van der Waals surface area contributed by atoms with Crippen LogP contribution < -0.4 is 10.1 Å². The topological polar surface area (TPSA) is 74.8 Å². The third kappa shape index (κ3) is 4.11. The lowest BCUT2D eigenvalue weighted by atomic mass is 10.0. The normalized spacial score (nSPS) is 19.0. The van der Waals surface area contributed by atoms with Gasteiger partial charge in [-0.1, -0.05) is 18.2 Å². The van der Waals surface area contributed by atoms with Gasteiger partial charge in [-0.2, -0.15) is 0 Å². The van der Waals surface area contributed by atoms with Gasteiger partial charge in [0.1, 0.15) is 10.8 Å². The number of rotatable bonds is 3. The smallest absolute Gasteiger partial charge is 0.318 e. The molecule has 7 nitrogen and oxygen atoms in total. The Morgan fingerprint density at radius 2 is 1.96 bits per heavy atom. The Kier molecular flexibility index (Phi) is 5.47. The number of piperazine rings is 1. The Morgan fingerprint density at radius 3 is 2.71 bits per heavy atom. The van der Waals surface area contributed by atoms with Gasteiger partial charge in [0.15, 0.2) is 0 Å². The Hall–Kier alpha value is -2.61. The molecule has 8 heteroatoms. The monoisotopic (exact) mass is 400 g/mol. The van der Waals surface area contributed by atoms with E-state index >= 15 is 0 Å². The molecule has 2 aliphatic rings. The highest BCUT2D eigenvalue weighted by atomic mass is 32.1. The summed E-state index contributed by atoms with van der Waals surface area (Å²) in [4.78, 5) is 33.1. The molecule has 1 atom stereocenters. The van der Waals surface area contributed by atoms with E-state index in [1.165, 1.54) is 11.3 Å². The molecule has 3 heterocycles. The van der Waals surface area contributed by atoms with Crippen LogP contribution in [0.3, 0.4) is 0 Å². The summed E-state index contributed by atoms with van der Waals surface area (Å²) < 4.78 is 5.66. The SMILES string of the molecule is Cc1csc(CC(=O)N2CCN(C(=O)NC3CCOc4ccccc43)CC2)n1. The highest BCUT2D eigenvalue weighted by molar-refractivity contribution is 7.09. The van der Waals surface area contributed by atoms with E-state index in [1.807, 2.05) is 41.5 Å². The summed E-state index contributed by atoms with van der Waals surface area (Å²) in [7, 11) is 0. The molecule has 0 spiro atoms. The second kappa shape index (κ2) is 8.18. The lowest BCUT2D eigenvalue weighted by molar-refractivity contribution is -0.131. The van der Waals surface area contributed by atoms with Crippen molar-refractivity contribution in [1.82, 2.24) is 20.1 Å². The zero-order valence-electron chi connectivity index (χ0n) is 15.9. The molecule has 0 saturated carbocycles. The van der Waals surface area contributed by atoms with Crippen LogP contribution in [0.1, 0.15) is 28.7 Å². The van der Waals surface area contributed by atoms with Crippen molar-refractivity contribution in [3.63, 3.8) is 0 Å². The summed E-state index contributed by atoms with van der Waals surface area (Å²) in [6, 6.07) is 7.71. The van der Waals surface area contributed by atoms with Gasteiger partial charge in [-0.05, 0) is 13.0 Å². The predicted molar refractivity (Wildman–Crippen MR) is 107 cm³/mol. The summed E-state index contributed by atoms with van der Waals surface area (Å²) in [5, 5.41) is 5.93. The molecule has 0 aliphatic carbocycles. The third-order valence-corrected chi connectivity index (χ3v) is 6.11. The van der Waals surface area contributed by atoms with E-state index in [0.29, 0.717) is 39.2 Å². The summed E-state index contributed by atoms with van der Waals surface area (Å²) in [6.45, 7) is 4.72. The van der Waals surface area contributed by atoms with Gasteiger partial charge < -0.3 is 19.9 Å². The van der Waals surface area contributed by atoms with Gasteiger partial charge in [-0.25, -0.2) is 9.78 Å². The van der Waals surface area contributed by atoms with Crippen LogP contribution in [0.15, 0.2) is 29.6 Å². The number of carbonyl (C=O) groups is 2. The van der Waals surface area contributed by atoms with Gasteiger partial charge in [-0.15, -0.1) is 11.3 Å². The maximum atomic E-state index is 12.7. The summed E-state index contributed by atoms with van der Waals surface area (Å²) >= 11 is 1.52. The van der Waals surface area contributed by atoms with Crippen LogP contribution in [-0.2, 0) is 11.2 Å². The van der Waals surface area contributed by atoms with Gasteiger partial charge in [0, 0.05) is 49.2 Å². The van der Waals surface area contributed by atoms with E-state index in [4.69, 9.17) is 4.74 Å². The Bertz CT molecular complexity index is 861. The second-order valence-corrected chi connectivity index (χ2v) is 8.05. The number of nitrogens with one attached hydrogen (secondary N) is 1. The first-order chi connectivity index (χ1) is 13.6. The van der Waals surface area contributed by atoms with Crippen molar-refractivity contribution in [2.45, 2.75) is 25.8 Å². The lowest BCUT2D eigenvalue weighted by Gasteiger charge is -2.36. The van der Waals surface area contributed by atoms with E-state index in [0.717, 1.165) is 28.4 Å². The number of amides is 3. The fourth-order valence-electron chi connectivity index (χ4n) is 3.62. The highest BCUT2D eigenvalue weighted by Crippen LogP contribution is 2.31. The minimum atomic E-state index is -0.0793. The zero-order chi connectivity index (χ0) is 19.5. The van der Waals surface area contributed by atoms with Crippen molar-refractivity contribution in [3.8, 4) is 5.75 Å². The van der Waals surface area contributed by atoms with E-state index < -0.39 is 0 Å². The molecule has 1 unspecified atom stereocenters. The third-order valence-electron chi connectivity index (χ3n) is 5.14. The second-order valence-electron chi connectivity index (χ2n) is 7.10. The van der Waals surface area contributed by atoms with Crippen LogP contribution >= 0.6 is 11.3 Å². The first-order valence-electron chi connectivity index (χ1n) is 9.56. The van der Waals surface area contributed by atoms with Crippen LogP contribution in [0.4, 0.5) is 4.79 Å². The number of fused-ring (bicyclic) bond motifs is 1. The molecule has 3 amide bonds. The van der Waals surface area contributed by atoms with Crippen LogP contribution in [0.2, 0.25) is 0 Å². The van der Waals surface area contributed by atoms with E-state index in [1.54, 1.807) is 4.90 Å². The van der Waals surface area contributed by atoms with E-state index in [2.05, 4.69) is 10.3 Å². The average Bonchev–Trinajstić information content (AvgIpc) is 3.13. The summed E-state index contributed by atoms with van der Waals surface area (Å²) in [6.07, 6.45) is 1.10. The quantitative estimate of drug-likeness (QED) is 0.858.